The first kappa shape index (κ1) is 13.5. The molecule has 1 fully saturated rings. The number of piperidine rings is 1. The molecule has 0 aromatic carbocycles. The fourth-order valence-electron chi connectivity index (χ4n) is 1.78. The smallest absolute Gasteiger partial charge is 0.315 e. The fraction of sp³-hybridized carbons (Fsp3) is 0.727. The molecular weight excluding hydrogens is 224 g/mol. The summed E-state index contributed by atoms with van der Waals surface area (Å²) in [4.78, 5) is 34.9. The van der Waals surface area contributed by atoms with E-state index in [1.807, 2.05) is 0 Å². The lowest BCUT2D eigenvalue weighted by molar-refractivity contribution is -0.146. The minimum atomic E-state index is -1.12. The standard InChI is InChI=1S/C11H18N2O4/c1-7(11(16)17)10(15)12-9-3-5-13(6-4-9)8(2)14/h7,9H,3-6H2,1-2H3,(H,12,15)(H,16,17). The predicted octanol–water partition coefficient (Wildman–Crippen LogP) is -0.166. The largest absolute Gasteiger partial charge is 0.481 e. The minimum absolute atomic E-state index is 0.0279. The van der Waals surface area contributed by atoms with Crippen molar-refractivity contribution in [3.8, 4) is 0 Å². The number of aliphatic carboxylic acids is 1. The Morgan fingerprint density at radius 1 is 1.29 bits per heavy atom. The number of carboxylic acids is 1. The molecular formula is C11H18N2O4. The van der Waals surface area contributed by atoms with Crippen LogP contribution in [0, 0.1) is 5.92 Å². The molecule has 0 saturated carbocycles. The lowest BCUT2D eigenvalue weighted by atomic mass is 10.0. The molecule has 1 heterocycles. The Morgan fingerprint density at radius 3 is 2.24 bits per heavy atom. The molecule has 2 N–H and O–H groups in total. The van der Waals surface area contributed by atoms with E-state index in [0.717, 1.165) is 0 Å². The van der Waals surface area contributed by atoms with Crippen molar-refractivity contribution < 1.29 is 19.5 Å². The second-order valence-electron chi connectivity index (χ2n) is 4.35. The van der Waals surface area contributed by atoms with Gasteiger partial charge in [-0.2, -0.15) is 0 Å². The van der Waals surface area contributed by atoms with Gasteiger partial charge in [0.2, 0.25) is 11.8 Å². The zero-order valence-electron chi connectivity index (χ0n) is 10.1. The van der Waals surface area contributed by atoms with Crippen molar-refractivity contribution in [2.45, 2.75) is 32.7 Å². The van der Waals surface area contributed by atoms with Gasteiger partial charge in [-0.3, -0.25) is 14.4 Å². The molecule has 2 amide bonds. The normalized spacial score (nSPS) is 18.6. The number of hydrogen-bond donors (Lipinski definition) is 2. The minimum Gasteiger partial charge on any atom is -0.481 e. The van der Waals surface area contributed by atoms with E-state index in [4.69, 9.17) is 5.11 Å². The predicted molar refractivity (Wildman–Crippen MR) is 60.2 cm³/mol. The number of likely N-dealkylation sites (tertiary alicyclic amines) is 1. The van der Waals surface area contributed by atoms with Crippen LogP contribution in [0.15, 0.2) is 0 Å². The van der Waals surface area contributed by atoms with Gasteiger partial charge >= 0.3 is 5.97 Å². The van der Waals surface area contributed by atoms with Gasteiger partial charge in [0.15, 0.2) is 0 Å². The molecule has 17 heavy (non-hydrogen) atoms. The number of carbonyl (C=O) groups excluding carboxylic acids is 2. The molecule has 1 aliphatic rings. The van der Waals surface area contributed by atoms with E-state index in [-0.39, 0.29) is 11.9 Å². The topological polar surface area (TPSA) is 86.7 Å². The molecule has 0 aromatic rings. The zero-order valence-corrected chi connectivity index (χ0v) is 10.1. The van der Waals surface area contributed by atoms with Crippen molar-refractivity contribution in [1.29, 1.82) is 0 Å². The van der Waals surface area contributed by atoms with Crippen LogP contribution in [-0.2, 0) is 14.4 Å². The third-order valence-electron chi connectivity index (χ3n) is 3.05. The number of nitrogens with zero attached hydrogens (tertiary/aromatic N) is 1. The molecule has 0 aromatic heterocycles. The highest BCUT2D eigenvalue weighted by Gasteiger charge is 2.26. The first-order valence-electron chi connectivity index (χ1n) is 5.70. The summed E-state index contributed by atoms with van der Waals surface area (Å²) in [5, 5.41) is 11.4. The summed E-state index contributed by atoms with van der Waals surface area (Å²) in [6, 6.07) is -0.0279. The van der Waals surface area contributed by atoms with Gasteiger partial charge in [-0.25, -0.2) is 0 Å². The van der Waals surface area contributed by atoms with Crippen LogP contribution >= 0.6 is 0 Å². The first-order valence-corrected chi connectivity index (χ1v) is 5.70. The third-order valence-corrected chi connectivity index (χ3v) is 3.05. The van der Waals surface area contributed by atoms with E-state index in [0.29, 0.717) is 25.9 Å². The van der Waals surface area contributed by atoms with Crippen molar-refractivity contribution in [2.75, 3.05) is 13.1 Å². The van der Waals surface area contributed by atoms with Crippen LogP contribution in [0.3, 0.4) is 0 Å². The lowest BCUT2D eigenvalue weighted by Gasteiger charge is -2.32. The maximum Gasteiger partial charge on any atom is 0.315 e. The van der Waals surface area contributed by atoms with Crippen LogP contribution in [0.25, 0.3) is 0 Å². The van der Waals surface area contributed by atoms with Crippen molar-refractivity contribution in [3.05, 3.63) is 0 Å². The van der Waals surface area contributed by atoms with Crippen LogP contribution in [0.5, 0.6) is 0 Å². The molecule has 1 saturated heterocycles. The molecule has 0 aliphatic carbocycles. The fourth-order valence-corrected chi connectivity index (χ4v) is 1.78. The maximum atomic E-state index is 11.5. The van der Waals surface area contributed by atoms with Gasteiger partial charge in [-0.1, -0.05) is 0 Å². The first-order chi connectivity index (χ1) is 7.91. The molecule has 6 nitrogen and oxygen atoms in total. The highest BCUT2D eigenvalue weighted by atomic mass is 16.4. The summed E-state index contributed by atoms with van der Waals surface area (Å²) in [5.41, 5.74) is 0. The number of carboxylic acid groups (broad SMARTS) is 1. The monoisotopic (exact) mass is 242 g/mol. The van der Waals surface area contributed by atoms with Gasteiger partial charge < -0.3 is 15.3 Å². The van der Waals surface area contributed by atoms with Crippen LogP contribution in [0.2, 0.25) is 0 Å². The van der Waals surface area contributed by atoms with Crippen LogP contribution in [-0.4, -0.2) is 46.9 Å². The van der Waals surface area contributed by atoms with E-state index in [9.17, 15) is 14.4 Å². The van der Waals surface area contributed by atoms with Crippen LogP contribution in [0.1, 0.15) is 26.7 Å². The molecule has 6 heteroatoms. The highest BCUT2D eigenvalue weighted by Crippen LogP contribution is 2.11. The van der Waals surface area contributed by atoms with E-state index in [2.05, 4.69) is 5.32 Å². The molecule has 1 atom stereocenters. The van der Waals surface area contributed by atoms with E-state index in [1.54, 1.807) is 4.90 Å². The second-order valence-corrected chi connectivity index (χ2v) is 4.35. The molecule has 0 spiro atoms. The summed E-state index contributed by atoms with van der Waals surface area (Å²) in [5.74, 6) is -2.57. The summed E-state index contributed by atoms with van der Waals surface area (Å²) >= 11 is 0. The number of carbonyl (C=O) groups is 3. The summed E-state index contributed by atoms with van der Waals surface area (Å²) < 4.78 is 0. The Kier molecular flexibility index (Phi) is 4.48. The zero-order chi connectivity index (χ0) is 13.0. The van der Waals surface area contributed by atoms with Gasteiger partial charge in [0.25, 0.3) is 0 Å². The molecule has 0 bridgehead atoms. The molecule has 1 unspecified atom stereocenters. The van der Waals surface area contributed by atoms with E-state index < -0.39 is 17.8 Å². The van der Waals surface area contributed by atoms with Crippen molar-refractivity contribution >= 4 is 17.8 Å². The summed E-state index contributed by atoms with van der Waals surface area (Å²) in [6.07, 6.45) is 1.36. The molecule has 1 aliphatic heterocycles. The van der Waals surface area contributed by atoms with Gasteiger partial charge in [0, 0.05) is 26.1 Å². The molecule has 1 rings (SSSR count). The van der Waals surface area contributed by atoms with Crippen LogP contribution in [0.4, 0.5) is 0 Å². The highest BCUT2D eigenvalue weighted by molar-refractivity contribution is 5.96. The molecule has 0 radical (unpaired) electrons. The Hall–Kier alpha value is -1.59. The molecule has 96 valence electrons. The number of hydrogen-bond acceptors (Lipinski definition) is 3. The number of rotatable bonds is 3. The summed E-state index contributed by atoms with van der Waals surface area (Å²) in [7, 11) is 0. The lowest BCUT2D eigenvalue weighted by Crippen LogP contribution is -2.47. The van der Waals surface area contributed by atoms with E-state index >= 15 is 0 Å². The third kappa shape index (κ3) is 3.72. The van der Waals surface area contributed by atoms with Gasteiger partial charge in [-0.15, -0.1) is 0 Å². The van der Waals surface area contributed by atoms with Crippen LogP contribution < -0.4 is 5.32 Å². The Labute approximate surface area is 100.0 Å². The van der Waals surface area contributed by atoms with Gasteiger partial charge in [0.1, 0.15) is 5.92 Å². The Morgan fingerprint density at radius 2 is 1.82 bits per heavy atom. The Bertz CT molecular complexity index is 321. The maximum absolute atomic E-state index is 11.5. The quantitative estimate of drug-likeness (QED) is 0.673. The number of nitrogens with one attached hydrogen (secondary N) is 1. The van der Waals surface area contributed by atoms with E-state index in [1.165, 1.54) is 13.8 Å². The Balaban J connectivity index is 2.38. The van der Waals surface area contributed by atoms with Gasteiger partial charge in [0.05, 0.1) is 0 Å². The average Bonchev–Trinajstić information content (AvgIpc) is 2.28. The second kappa shape index (κ2) is 5.65. The average molecular weight is 242 g/mol. The van der Waals surface area contributed by atoms with Crippen molar-refractivity contribution in [1.82, 2.24) is 10.2 Å². The number of amides is 2. The summed E-state index contributed by atoms with van der Waals surface area (Å²) in [6.45, 7) is 4.11. The van der Waals surface area contributed by atoms with Crippen molar-refractivity contribution in [3.63, 3.8) is 0 Å². The SMILES string of the molecule is CC(=O)N1CCC(NC(=O)C(C)C(=O)O)CC1. The van der Waals surface area contributed by atoms with Gasteiger partial charge in [-0.05, 0) is 19.8 Å². The van der Waals surface area contributed by atoms with Crippen molar-refractivity contribution in [2.24, 2.45) is 5.92 Å².